The lowest BCUT2D eigenvalue weighted by Gasteiger charge is -2.11. The van der Waals surface area contributed by atoms with E-state index in [4.69, 9.17) is 4.74 Å². The van der Waals surface area contributed by atoms with Crippen molar-refractivity contribution in [3.05, 3.63) is 119 Å². The lowest BCUT2D eigenvalue weighted by Crippen LogP contribution is -1.97. The molecule has 1 saturated heterocycles. The van der Waals surface area contributed by atoms with Gasteiger partial charge in [0.25, 0.3) is 0 Å². The van der Waals surface area contributed by atoms with Crippen molar-refractivity contribution in [2.24, 2.45) is 0 Å². The molecule has 0 saturated carbocycles. The zero-order valence-electron chi connectivity index (χ0n) is 19.7. The number of rotatable bonds is 8. The molecule has 1 heterocycles. The lowest BCUT2D eigenvalue weighted by atomic mass is 9.96. The summed E-state index contributed by atoms with van der Waals surface area (Å²) in [7, 11) is 0. The van der Waals surface area contributed by atoms with E-state index in [-0.39, 0.29) is 23.0 Å². The molecule has 0 aliphatic carbocycles. The first-order valence-corrected chi connectivity index (χ1v) is 12.1. The van der Waals surface area contributed by atoms with Gasteiger partial charge in [0.05, 0.1) is 6.61 Å². The van der Waals surface area contributed by atoms with E-state index in [1.165, 1.54) is 5.56 Å². The van der Waals surface area contributed by atoms with Crippen LogP contribution in [-0.4, -0.2) is 6.61 Å². The highest BCUT2D eigenvalue weighted by Crippen LogP contribution is 2.33. The maximum atomic E-state index is 15.0. The van der Waals surface area contributed by atoms with Crippen LogP contribution in [0, 0.1) is 17.5 Å². The van der Waals surface area contributed by atoms with Gasteiger partial charge < -0.3 is 4.74 Å². The molecule has 0 radical (unpaired) electrons. The van der Waals surface area contributed by atoms with Crippen LogP contribution >= 0.6 is 0 Å². The first-order chi connectivity index (χ1) is 17.0. The molecule has 0 N–H and O–H groups in total. The summed E-state index contributed by atoms with van der Waals surface area (Å²) >= 11 is 0. The molecule has 178 valence electrons. The summed E-state index contributed by atoms with van der Waals surface area (Å²) in [5.74, 6) is -1.91. The fourth-order valence-corrected chi connectivity index (χ4v) is 4.47. The van der Waals surface area contributed by atoms with Gasteiger partial charge in [-0.2, -0.15) is 0 Å². The van der Waals surface area contributed by atoms with Crippen molar-refractivity contribution in [2.45, 2.75) is 38.7 Å². The molecule has 1 unspecified atom stereocenters. The van der Waals surface area contributed by atoms with E-state index in [1.54, 1.807) is 30.3 Å². The second kappa shape index (κ2) is 10.1. The first kappa shape index (κ1) is 23.4. The van der Waals surface area contributed by atoms with Gasteiger partial charge in [0.1, 0.15) is 11.9 Å². The van der Waals surface area contributed by atoms with Gasteiger partial charge in [0, 0.05) is 11.1 Å². The monoisotopic (exact) mass is 472 g/mol. The van der Waals surface area contributed by atoms with E-state index >= 15 is 4.39 Å². The normalized spacial score (nSPS) is 14.8. The molecule has 0 aromatic heterocycles. The highest BCUT2D eigenvalue weighted by molar-refractivity contribution is 5.72. The van der Waals surface area contributed by atoms with Crippen molar-refractivity contribution < 1.29 is 17.9 Å². The van der Waals surface area contributed by atoms with Crippen LogP contribution in [0.4, 0.5) is 13.2 Å². The highest BCUT2D eigenvalue weighted by atomic mass is 19.2. The summed E-state index contributed by atoms with van der Waals surface area (Å²) in [4.78, 5) is 0. The Labute approximate surface area is 204 Å². The number of halogens is 3. The molecule has 4 aromatic rings. The van der Waals surface area contributed by atoms with E-state index in [0.29, 0.717) is 36.1 Å². The van der Waals surface area contributed by atoms with Gasteiger partial charge in [-0.05, 0) is 58.7 Å². The summed E-state index contributed by atoms with van der Waals surface area (Å²) in [5.41, 5.74) is 5.47. The van der Waals surface area contributed by atoms with Gasteiger partial charge >= 0.3 is 0 Å². The third kappa shape index (κ3) is 5.18. The topological polar surface area (TPSA) is 12.5 Å². The average molecular weight is 473 g/mol. The van der Waals surface area contributed by atoms with Crippen LogP contribution < -0.4 is 0 Å². The van der Waals surface area contributed by atoms with E-state index < -0.39 is 11.6 Å². The second-order valence-electron chi connectivity index (χ2n) is 9.11. The van der Waals surface area contributed by atoms with E-state index in [0.717, 1.165) is 24.0 Å². The fourth-order valence-electron chi connectivity index (χ4n) is 4.47. The Kier molecular flexibility index (Phi) is 6.74. The van der Waals surface area contributed by atoms with Crippen molar-refractivity contribution in [2.75, 3.05) is 6.61 Å². The minimum absolute atomic E-state index is 0.0386. The Morgan fingerprint density at radius 3 is 1.71 bits per heavy atom. The molecule has 1 atom stereocenters. The minimum atomic E-state index is -0.852. The quantitative estimate of drug-likeness (QED) is 0.235. The third-order valence-electron chi connectivity index (χ3n) is 6.62. The Balaban J connectivity index is 1.29. The molecule has 0 bridgehead atoms. The predicted molar refractivity (Wildman–Crippen MR) is 134 cm³/mol. The molecule has 1 fully saturated rings. The average Bonchev–Trinajstić information content (AvgIpc) is 3.72. The number of benzene rings is 4. The van der Waals surface area contributed by atoms with Crippen LogP contribution in [-0.2, 0) is 24.0 Å². The Morgan fingerprint density at radius 2 is 1.23 bits per heavy atom. The number of epoxide rings is 1. The molecule has 5 rings (SSSR count). The molecule has 0 spiro atoms. The van der Waals surface area contributed by atoms with Crippen molar-refractivity contribution in [3.8, 4) is 22.3 Å². The van der Waals surface area contributed by atoms with Crippen LogP contribution in [0.1, 0.15) is 41.7 Å². The van der Waals surface area contributed by atoms with Gasteiger partial charge in [-0.25, -0.2) is 13.2 Å². The summed E-state index contributed by atoms with van der Waals surface area (Å²) in [6.07, 6.45) is 3.25. The van der Waals surface area contributed by atoms with E-state index in [2.05, 4.69) is 6.92 Å². The highest BCUT2D eigenvalue weighted by Gasteiger charge is 2.25. The van der Waals surface area contributed by atoms with Crippen LogP contribution in [0.3, 0.4) is 0 Å². The zero-order valence-corrected chi connectivity index (χ0v) is 19.7. The molecule has 4 aromatic carbocycles. The van der Waals surface area contributed by atoms with Crippen molar-refractivity contribution in [1.29, 1.82) is 0 Å². The predicted octanol–water partition coefficient (Wildman–Crippen LogP) is 8.25. The Hall–Kier alpha value is -3.37. The van der Waals surface area contributed by atoms with Crippen molar-refractivity contribution in [1.82, 2.24) is 0 Å². The third-order valence-corrected chi connectivity index (χ3v) is 6.62. The lowest BCUT2D eigenvalue weighted by molar-refractivity contribution is 0.414. The maximum Gasteiger partial charge on any atom is 0.167 e. The maximum absolute atomic E-state index is 15.0. The largest absolute Gasteiger partial charge is 0.368 e. The van der Waals surface area contributed by atoms with Gasteiger partial charge in [-0.3, -0.25) is 0 Å². The SMILES string of the molecule is CCCc1ccc(-c2ccc(-c3ccc(CCc4ccc(C5CO5)cc4F)cc3)c(F)c2F)cc1. The molecule has 1 aliphatic heterocycles. The number of aryl methyl sites for hydroxylation is 3. The van der Waals surface area contributed by atoms with Crippen LogP contribution in [0.15, 0.2) is 78.9 Å². The second-order valence-corrected chi connectivity index (χ2v) is 9.11. The molecule has 4 heteroatoms. The number of ether oxygens (including phenoxy) is 1. The molecular weight excluding hydrogens is 445 g/mol. The van der Waals surface area contributed by atoms with Crippen molar-refractivity contribution >= 4 is 0 Å². The first-order valence-electron chi connectivity index (χ1n) is 12.1. The number of hydrogen-bond donors (Lipinski definition) is 0. The number of hydrogen-bond acceptors (Lipinski definition) is 1. The van der Waals surface area contributed by atoms with Gasteiger partial charge in [-0.1, -0.05) is 86.1 Å². The molecule has 0 amide bonds. The van der Waals surface area contributed by atoms with E-state index in [1.807, 2.05) is 48.5 Å². The molecule has 1 nitrogen and oxygen atoms in total. The van der Waals surface area contributed by atoms with Gasteiger partial charge in [0.15, 0.2) is 11.6 Å². The molecule has 35 heavy (non-hydrogen) atoms. The van der Waals surface area contributed by atoms with Gasteiger partial charge in [0.2, 0.25) is 0 Å². The summed E-state index contributed by atoms with van der Waals surface area (Å²) in [5, 5.41) is 0. The van der Waals surface area contributed by atoms with E-state index in [9.17, 15) is 8.78 Å². The summed E-state index contributed by atoms with van der Waals surface area (Å²) in [6, 6.07) is 23.5. The summed E-state index contributed by atoms with van der Waals surface area (Å²) in [6.45, 7) is 2.77. The van der Waals surface area contributed by atoms with Crippen LogP contribution in [0.2, 0.25) is 0 Å². The van der Waals surface area contributed by atoms with Gasteiger partial charge in [-0.15, -0.1) is 0 Å². The molecular formula is C31H27F3O. The van der Waals surface area contributed by atoms with Crippen LogP contribution in [0.25, 0.3) is 22.3 Å². The zero-order chi connectivity index (χ0) is 24.4. The Bertz CT molecular complexity index is 1320. The van der Waals surface area contributed by atoms with Crippen molar-refractivity contribution in [3.63, 3.8) is 0 Å². The molecule has 1 aliphatic rings. The summed E-state index contributed by atoms with van der Waals surface area (Å²) < 4.78 is 49.6. The van der Waals surface area contributed by atoms with Crippen LogP contribution in [0.5, 0.6) is 0 Å². The fraction of sp³-hybridized carbons (Fsp3) is 0.226. The smallest absolute Gasteiger partial charge is 0.167 e. The Morgan fingerprint density at radius 1 is 0.686 bits per heavy atom. The minimum Gasteiger partial charge on any atom is -0.368 e. The standard InChI is InChI=1S/C31H27F3O/c1-2-3-20-4-9-22(10-5-20)26-16-17-27(31(34)30(26)33)23-11-6-21(7-12-23)8-13-24-14-15-25(18-28(24)32)29-19-35-29/h4-7,9-12,14-18,29H,2-3,8,13,19H2,1H3.